The van der Waals surface area contributed by atoms with Crippen LogP contribution in [0.1, 0.15) is 25.8 Å². The fraction of sp³-hybridized carbons (Fsp3) is 0.444. The second-order valence-electron chi connectivity index (χ2n) is 5.52. The van der Waals surface area contributed by atoms with Crippen molar-refractivity contribution in [3.05, 3.63) is 42.0 Å². The fourth-order valence-electron chi connectivity index (χ4n) is 2.51. The summed E-state index contributed by atoms with van der Waals surface area (Å²) in [6, 6.07) is 12.7. The monoisotopic (exact) mass is 288 g/mol. The Kier molecular flexibility index (Phi) is 6.03. The van der Waals surface area contributed by atoms with Gasteiger partial charge in [0.2, 0.25) is 0 Å². The van der Waals surface area contributed by atoms with E-state index < -0.39 is 0 Å². The predicted molar refractivity (Wildman–Crippen MR) is 86.7 cm³/mol. The van der Waals surface area contributed by atoms with Gasteiger partial charge in [0.05, 0.1) is 31.9 Å². The van der Waals surface area contributed by atoms with Gasteiger partial charge in [0, 0.05) is 6.42 Å². The molecule has 0 amide bonds. The Bertz CT molecular complexity index is 566. The summed E-state index contributed by atoms with van der Waals surface area (Å²) in [6.07, 6.45) is 1.40. The van der Waals surface area contributed by atoms with Crippen molar-refractivity contribution in [3.8, 4) is 5.75 Å². The smallest absolute Gasteiger partial charge is 0.128 e. The van der Waals surface area contributed by atoms with Crippen LogP contribution >= 0.6 is 0 Å². The Morgan fingerprint density at radius 2 is 1.90 bits per heavy atom. The minimum atomic E-state index is 0.322. The standard InChI is InChI=1S/C18H25NO2/c1-14(2)21-12-6-11-19-13-17-16-8-5-4-7-15(16)9-10-18(17)20-3/h4-5,7-10,14,19H,6,11-13H2,1-3H3/p+1. The van der Waals surface area contributed by atoms with Gasteiger partial charge in [-0.2, -0.15) is 0 Å². The summed E-state index contributed by atoms with van der Waals surface area (Å²) in [5.41, 5.74) is 1.28. The third-order valence-corrected chi connectivity index (χ3v) is 3.57. The van der Waals surface area contributed by atoms with E-state index in [1.165, 1.54) is 16.3 Å². The van der Waals surface area contributed by atoms with Crippen LogP contribution in [-0.4, -0.2) is 26.4 Å². The average molecular weight is 288 g/mol. The molecule has 3 heteroatoms. The molecular formula is C18H26NO2+. The molecule has 2 aromatic rings. The molecule has 2 aromatic carbocycles. The van der Waals surface area contributed by atoms with Crippen molar-refractivity contribution in [3.63, 3.8) is 0 Å². The SMILES string of the molecule is COc1ccc2ccccc2c1C[NH2+]CCCOC(C)C. The Morgan fingerprint density at radius 1 is 1.10 bits per heavy atom. The van der Waals surface area contributed by atoms with Crippen LogP contribution in [0, 0.1) is 0 Å². The van der Waals surface area contributed by atoms with Gasteiger partial charge in [0.25, 0.3) is 0 Å². The summed E-state index contributed by atoms with van der Waals surface area (Å²) in [5, 5.41) is 4.88. The van der Waals surface area contributed by atoms with Crippen molar-refractivity contribution < 1.29 is 14.8 Å². The quantitative estimate of drug-likeness (QED) is 0.758. The van der Waals surface area contributed by atoms with Crippen molar-refractivity contribution in [2.75, 3.05) is 20.3 Å². The zero-order valence-electron chi connectivity index (χ0n) is 13.3. The Balaban J connectivity index is 1.97. The number of fused-ring (bicyclic) bond motifs is 1. The summed E-state index contributed by atoms with van der Waals surface area (Å²) >= 11 is 0. The van der Waals surface area contributed by atoms with Crippen LogP contribution in [0.25, 0.3) is 10.8 Å². The summed E-state index contributed by atoms with van der Waals surface area (Å²) in [5.74, 6) is 0.975. The fourth-order valence-corrected chi connectivity index (χ4v) is 2.51. The van der Waals surface area contributed by atoms with Gasteiger partial charge in [-0.15, -0.1) is 0 Å². The van der Waals surface area contributed by atoms with Crippen molar-refractivity contribution in [2.45, 2.75) is 32.9 Å². The predicted octanol–water partition coefficient (Wildman–Crippen LogP) is 2.73. The lowest BCUT2D eigenvalue weighted by atomic mass is 10.0. The molecule has 2 rings (SSSR count). The lowest BCUT2D eigenvalue weighted by molar-refractivity contribution is -0.670. The van der Waals surface area contributed by atoms with Crippen molar-refractivity contribution >= 4 is 10.8 Å². The lowest BCUT2D eigenvalue weighted by Gasteiger charge is -2.11. The van der Waals surface area contributed by atoms with Crippen LogP contribution in [0.2, 0.25) is 0 Å². The highest BCUT2D eigenvalue weighted by Gasteiger charge is 2.09. The van der Waals surface area contributed by atoms with Crippen LogP contribution in [0.15, 0.2) is 36.4 Å². The number of quaternary nitrogens is 1. The highest BCUT2D eigenvalue weighted by molar-refractivity contribution is 5.87. The maximum absolute atomic E-state index is 5.56. The van der Waals surface area contributed by atoms with Crippen LogP contribution in [0.5, 0.6) is 5.75 Å². The molecule has 21 heavy (non-hydrogen) atoms. The molecular weight excluding hydrogens is 262 g/mol. The second kappa shape index (κ2) is 8.01. The van der Waals surface area contributed by atoms with E-state index in [-0.39, 0.29) is 0 Å². The summed E-state index contributed by atoms with van der Waals surface area (Å²) < 4.78 is 11.1. The molecule has 0 aromatic heterocycles. The first-order chi connectivity index (χ1) is 10.2. The van der Waals surface area contributed by atoms with E-state index in [2.05, 4.69) is 55.6 Å². The lowest BCUT2D eigenvalue weighted by Crippen LogP contribution is -2.82. The summed E-state index contributed by atoms with van der Waals surface area (Å²) in [6.45, 7) is 6.99. The molecule has 0 aliphatic heterocycles. The zero-order chi connectivity index (χ0) is 15.1. The van der Waals surface area contributed by atoms with Crippen molar-refractivity contribution in [1.29, 1.82) is 0 Å². The maximum Gasteiger partial charge on any atom is 0.128 e. The Labute approximate surface area is 127 Å². The maximum atomic E-state index is 5.56. The molecule has 0 saturated carbocycles. The van der Waals surface area contributed by atoms with Gasteiger partial charge < -0.3 is 14.8 Å². The first-order valence-electron chi connectivity index (χ1n) is 7.70. The minimum Gasteiger partial charge on any atom is -0.496 e. The molecule has 3 nitrogen and oxygen atoms in total. The Morgan fingerprint density at radius 3 is 2.67 bits per heavy atom. The molecule has 0 fully saturated rings. The highest BCUT2D eigenvalue weighted by atomic mass is 16.5. The number of hydrogen-bond donors (Lipinski definition) is 1. The molecule has 114 valence electrons. The third kappa shape index (κ3) is 4.45. The van der Waals surface area contributed by atoms with E-state index in [4.69, 9.17) is 9.47 Å². The third-order valence-electron chi connectivity index (χ3n) is 3.57. The molecule has 0 aliphatic carbocycles. The molecule has 0 bridgehead atoms. The van der Waals surface area contributed by atoms with E-state index in [1.54, 1.807) is 7.11 Å². The zero-order valence-corrected chi connectivity index (χ0v) is 13.3. The minimum absolute atomic E-state index is 0.322. The molecule has 2 N–H and O–H groups in total. The molecule has 0 saturated heterocycles. The average Bonchev–Trinajstić information content (AvgIpc) is 2.50. The van der Waals surface area contributed by atoms with Gasteiger partial charge in [-0.3, -0.25) is 0 Å². The first kappa shape index (κ1) is 15.8. The van der Waals surface area contributed by atoms with Crippen molar-refractivity contribution in [2.24, 2.45) is 0 Å². The van der Waals surface area contributed by atoms with Crippen LogP contribution in [-0.2, 0) is 11.3 Å². The number of methoxy groups -OCH3 is 1. The molecule has 0 spiro atoms. The van der Waals surface area contributed by atoms with Gasteiger partial charge in [-0.1, -0.05) is 30.3 Å². The first-order valence-corrected chi connectivity index (χ1v) is 7.70. The van der Waals surface area contributed by atoms with Crippen LogP contribution in [0.3, 0.4) is 0 Å². The van der Waals surface area contributed by atoms with Crippen LogP contribution < -0.4 is 10.1 Å². The van der Waals surface area contributed by atoms with Crippen LogP contribution in [0.4, 0.5) is 0 Å². The molecule has 0 heterocycles. The van der Waals surface area contributed by atoms with Gasteiger partial charge in [0.1, 0.15) is 12.3 Å². The van der Waals surface area contributed by atoms with Gasteiger partial charge in [-0.25, -0.2) is 0 Å². The molecule has 0 radical (unpaired) electrons. The van der Waals surface area contributed by atoms with Gasteiger partial charge >= 0.3 is 0 Å². The molecule has 0 unspecified atom stereocenters. The van der Waals surface area contributed by atoms with Crippen molar-refractivity contribution in [1.82, 2.24) is 0 Å². The molecule has 0 aliphatic rings. The second-order valence-corrected chi connectivity index (χ2v) is 5.52. The Hall–Kier alpha value is -1.58. The number of benzene rings is 2. The number of hydrogen-bond acceptors (Lipinski definition) is 2. The van der Waals surface area contributed by atoms with Gasteiger partial charge in [0.15, 0.2) is 0 Å². The topological polar surface area (TPSA) is 35.1 Å². The largest absolute Gasteiger partial charge is 0.496 e. The number of nitrogens with two attached hydrogens (primary N) is 1. The number of ether oxygens (including phenoxy) is 2. The summed E-state index contributed by atoms with van der Waals surface area (Å²) in [7, 11) is 1.74. The van der Waals surface area contributed by atoms with Gasteiger partial charge in [-0.05, 0) is 30.7 Å². The van der Waals surface area contributed by atoms with E-state index in [9.17, 15) is 0 Å². The van der Waals surface area contributed by atoms with E-state index in [0.717, 1.165) is 31.9 Å². The summed E-state index contributed by atoms with van der Waals surface area (Å²) in [4.78, 5) is 0. The highest BCUT2D eigenvalue weighted by Crippen LogP contribution is 2.26. The number of rotatable bonds is 8. The molecule has 0 atom stereocenters. The van der Waals surface area contributed by atoms with E-state index in [0.29, 0.717) is 6.10 Å². The van der Waals surface area contributed by atoms with E-state index >= 15 is 0 Å². The van der Waals surface area contributed by atoms with E-state index in [1.807, 2.05) is 0 Å². The normalized spacial score (nSPS) is 11.2.